The first kappa shape index (κ1) is 29.0. The van der Waals surface area contributed by atoms with E-state index < -0.39 is 119 Å². The van der Waals surface area contributed by atoms with Crippen LogP contribution in [0.25, 0.3) is 22.3 Å². The minimum absolute atomic E-state index is 0.0720. The zero-order valence-electron chi connectivity index (χ0n) is 21.0. The third-order valence-corrected chi connectivity index (χ3v) is 7.42. The van der Waals surface area contributed by atoms with E-state index >= 15 is 0 Å². The highest BCUT2D eigenvalue weighted by atomic mass is 16.5. The largest absolute Gasteiger partial charge is 0.507 e. The Kier molecular flexibility index (Phi) is 7.58. The lowest BCUT2D eigenvalue weighted by Crippen LogP contribution is -2.55. The van der Waals surface area contributed by atoms with Gasteiger partial charge in [-0.05, 0) is 18.2 Å². The van der Waals surface area contributed by atoms with Gasteiger partial charge in [0.05, 0.1) is 24.3 Å². The Bertz CT molecular complexity index is 1520. The molecule has 2 fully saturated rings. The number of phenolic OH excluding ortho intramolecular Hbond substituents is 4. The second kappa shape index (κ2) is 10.7. The number of rotatable bonds is 4. The molecule has 1 aromatic heterocycles. The molecule has 2 aromatic carbocycles. The van der Waals surface area contributed by atoms with Gasteiger partial charge in [0, 0.05) is 11.6 Å². The summed E-state index contributed by atoms with van der Waals surface area (Å²) in [6, 6.07) is 4.36. The summed E-state index contributed by atoms with van der Waals surface area (Å²) in [5, 5.41) is 113. The van der Waals surface area contributed by atoms with E-state index in [1.54, 1.807) is 0 Å². The van der Waals surface area contributed by atoms with Gasteiger partial charge < -0.3 is 70.1 Å². The molecule has 15 nitrogen and oxygen atoms in total. The minimum atomic E-state index is -2.01. The molecule has 2 aliphatic heterocycles. The molecular formula is C26H28O15. The number of aromatic hydroxyl groups is 4. The first-order chi connectivity index (χ1) is 19.4. The molecule has 41 heavy (non-hydrogen) atoms. The van der Waals surface area contributed by atoms with Crippen LogP contribution < -0.4 is 5.43 Å². The number of phenols is 4. The van der Waals surface area contributed by atoms with Gasteiger partial charge in [0.15, 0.2) is 22.5 Å². The second-order valence-corrected chi connectivity index (χ2v) is 9.96. The van der Waals surface area contributed by atoms with E-state index in [2.05, 4.69) is 0 Å². The fourth-order valence-corrected chi connectivity index (χ4v) is 5.16. The fourth-order valence-electron chi connectivity index (χ4n) is 5.16. The van der Waals surface area contributed by atoms with Gasteiger partial charge in [0.1, 0.15) is 77.6 Å². The van der Waals surface area contributed by atoms with E-state index in [-0.39, 0.29) is 11.3 Å². The monoisotopic (exact) mass is 580 g/mol. The molecule has 0 bridgehead atoms. The number of hydrogen-bond donors (Lipinski definition) is 11. The van der Waals surface area contributed by atoms with Crippen LogP contribution in [0.15, 0.2) is 33.5 Å². The lowest BCUT2D eigenvalue weighted by Gasteiger charge is -2.41. The quantitative estimate of drug-likeness (QED) is 0.148. The maximum Gasteiger partial charge on any atom is 0.197 e. The molecule has 0 spiro atoms. The molecule has 15 heteroatoms. The van der Waals surface area contributed by atoms with Crippen molar-refractivity contribution in [2.75, 3.05) is 13.2 Å². The molecule has 0 radical (unpaired) electrons. The first-order valence-electron chi connectivity index (χ1n) is 12.4. The Morgan fingerprint density at radius 1 is 0.756 bits per heavy atom. The molecule has 3 heterocycles. The molecule has 0 saturated carbocycles. The molecule has 3 aromatic rings. The number of aliphatic hydroxyl groups excluding tert-OH is 7. The third-order valence-electron chi connectivity index (χ3n) is 7.42. The molecular weight excluding hydrogens is 552 g/mol. The van der Waals surface area contributed by atoms with Crippen molar-refractivity contribution in [3.05, 3.63) is 45.6 Å². The minimum Gasteiger partial charge on any atom is -0.507 e. The maximum absolute atomic E-state index is 13.4. The molecule has 11 N–H and O–H groups in total. The average molecular weight is 580 g/mol. The van der Waals surface area contributed by atoms with E-state index in [4.69, 9.17) is 13.9 Å². The van der Waals surface area contributed by atoms with Gasteiger partial charge in [-0.3, -0.25) is 4.79 Å². The average Bonchev–Trinajstić information content (AvgIpc) is 2.93. The summed E-state index contributed by atoms with van der Waals surface area (Å²) >= 11 is 0. The number of ether oxygens (including phenoxy) is 2. The van der Waals surface area contributed by atoms with Gasteiger partial charge in [-0.15, -0.1) is 0 Å². The van der Waals surface area contributed by atoms with Crippen molar-refractivity contribution in [3.63, 3.8) is 0 Å². The highest BCUT2D eigenvalue weighted by Gasteiger charge is 2.48. The Morgan fingerprint density at radius 2 is 1.44 bits per heavy atom. The van der Waals surface area contributed by atoms with Crippen LogP contribution in [-0.2, 0) is 9.47 Å². The predicted octanol–water partition coefficient (Wildman–Crippen LogP) is -2.05. The predicted molar refractivity (Wildman–Crippen MR) is 134 cm³/mol. The Hall–Kier alpha value is -3.51. The summed E-state index contributed by atoms with van der Waals surface area (Å²) in [5.74, 6) is -3.21. The molecule has 2 saturated heterocycles. The number of aliphatic hydroxyl groups is 7. The van der Waals surface area contributed by atoms with Gasteiger partial charge in [0.25, 0.3) is 0 Å². The number of fused-ring (bicyclic) bond motifs is 1. The normalized spacial score (nSPS) is 32.3. The summed E-state index contributed by atoms with van der Waals surface area (Å²) in [5.41, 5.74) is -2.64. The fraction of sp³-hybridized carbons (Fsp3) is 0.423. The van der Waals surface area contributed by atoms with Crippen LogP contribution in [-0.4, -0.2) is 112 Å². The van der Waals surface area contributed by atoms with Crippen molar-refractivity contribution in [1.82, 2.24) is 0 Å². The summed E-state index contributed by atoms with van der Waals surface area (Å²) in [6.07, 6.45) is -16.0. The molecule has 0 unspecified atom stereocenters. The molecule has 9 atom stereocenters. The van der Waals surface area contributed by atoms with Gasteiger partial charge in [-0.2, -0.15) is 0 Å². The van der Waals surface area contributed by atoms with E-state index in [1.807, 2.05) is 0 Å². The van der Waals surface area contributed by atoms with E-state index in [0.29, 0.717) is 0 Å². The lowest BCUT2D eigenvalue weighted by molar-refractivity contribution is -0.232. The van der Waals surface area contributed by atoms with Crippen LogP contribution >= 0.6 is 0 Å². The van der Waals surface area contributed by atoms with Crippen LogP contribution in [0.1, 0.15) is 23.3 Å². The molecule has 2 aliphatic rings. The number of benzene rings is 2. The van der Waals surface area contributed by atoms with Crippen LogP contribution in [0.3, 0.4) is 0 Å². The smallest absolute Gasteiger partial charge is 0.197 e. The Morgan fingerprint density at radius 3 is 2.10 bits per heavy atom. The maximum atomic E-state index is 13.4. The highest BCUT2D eigenvalue weighted by Crippen LogP contribution is 2.50. The molecule has 5 rings (SSSR count). The third kappa shape index (κ3) is 4.66. The Balaban J connectivity index is 1.81. The summed E-state index contributed by atoms with van der Waals surface area (Å²) < 4.78 is 16.8. The zero-order chi connectivity index (χ0) is 29.9. The van der Waals surface area contributed by atoms with Crippen molar-refractivity contribution in [2.24, 2.45) is 0 Å². The standard InChI is InChI=1S/C26H28O15/c27-5-13-18(33)21(36)23(38)26(41-13)15-19(34)14-10(30)4-12(7-1-2-8(28)9(29)3-7)40-24(14)16(20(15)35)25-22(37)17(32)11(31)6-39-25/h1-4,11,13,17-18,21-23,25-29,31-38H,5-6H2/t11-,13+,17+,18+,21-,22-,23-,25+,26+/m1/s1. The SMILES string of the molecule is O=c1cc(-c2ccc(O)c(O)c2)oc2c([C@@H]3OC[C@@H](O)[C@H](O)[C@H]3O)c(O)c([C@@H]3O[C@@H](CO)[C@H](O)[C@@H](O)[C@H]3O)c(O)c12. The van der Waals surface area contributed by atoms with E-state index in [0.717, 1.165) is 18.2 Å². The van der Waals surface area contributed by atoms with Gasteiger partial charge in [-0.1, -0.05) is 0 Å². The van der Waals surface area contributed by atoms with E-state index in [9.17, 15) is 61.0 Å². The van der Waals surface area contributed by atoms with Crippen molar-refractivity contribution in [2.45, 2.75) is 54.9 Å². The van der Waals surface area contributed by atoms with Crippen molar-refractivity contribution < 1.29 is 70.1 Å². The summed E-state index contributed by atoms with van der Waals surface area (Å²) in [4.78, 5) is 13.4. The van der Waals surface area contributed by atoms with Gasteiger partial charge >= 0.3 is 0 Å². The van der Waals surface area contributed by atoms with Crippen molar-refractivity contribution in [1.29, 1.82) is 0 Å². The number of hydrogen-bond acceptors (Lipinski definition) is 15. The zero-order valence-corrected chi connectivity index (χ0v) is 21.0. The first-order valence-corrected chi connectivity index (χ1v) is 12.4. The van der Waals surface area contributed by atoms with Gasteiger partial charge in [-0.25, -0.2) is 0 Å². The molecule has 0 amide bonds. The van der Waals surface area contributed by atoms with E-state index in [1.165, 1.54) is 6.07 Å². The van der Waals surface area contributed by atoms with Gasteiger partial charge in [0.2, 0.25) is 0 Å². The van der Waals surface area contributed by atoms with Crippen LogP contribution in [0.2, 0.25) is 0 Å². The van der Waals surface area contributed by atoms with Crippen LogP contribution in [0.4, 0.5) is 0 Å². The summed E-state index contributed by atoms with van der Waals surface area (Å²) in [6.45, 7) is -1.39. The highest BCUT2D eigenvalue weighted by molar-refractivity contribution is 5.92. The molecule has 0 aliphatic carbocycles. The van der Waals surface area contributed by atoms with Crippen molar-refractivity contribution in [3.8, 4) is 34.3 Å². The van der Waals surface area contributed by atoms with Crippen LogP contribution in [0, 0.1) is 0 Å². The van der Waals surface area contributed by atoms with Crippen molar-refractivity contribution >= 4 is 11.0 Å². The second-order valence-electron chi connectivity index (χ2n) is 9.96. The lowest BCUT2D eigenvalue weighted by atomic mass is 9.85. The topological polar surface area (TPSA) is 271 Å². The Labute approximate surface area is 229 Å². The van der Waals surface area contributed by atoms with Crippen LogP contribution in [0.5, 0.6) is 23.0 Å². The summed E-state index contributed by atoms with van der Waals surface area (Å²) in [7, 11) is 0. The molecule has 222 valence electrons.